The number of carbonyl (C=O) groups is 2. The summed E-state index contributed by atoms with van der Waals surface area (Å²) in [7, 11) is 3.49. The fourth-order valence-corrected chi connectivity index (χ4v) is 4.55. The molecule has 1 aliphatic rings. The molecule has 2 aromatic carbocycles. The molecule has 0 fully saturated rings. The molecule has 4 rings (SSSR count). The second-order valence-corrected chi connectivity index (χ2v) is 9.05. The van der Waals surface area contributed by atoms with E-state index in [1.54, 1.807) is 14.0 Å². The number of amides is 1. The van der Waals surface area contributed by atoms with Crippen molar-refractivity contribution in [2.75, 3.05) is 26.0 Å². The Kier molecular flexibility index (Phi) is 7.71. The average Bonchev–Trinajstić information content (AvgIpc) is 2.89. The van der Waals surface area contributed by atoms with Gasteiger partial charge in [0.1, 0.15) is 5.82 Å². The fraction of sp³-hybridized carbons (Fsp3) is 0.333. The molecule has 0 radical (unpaired) electrons. The maximum Gasteiger partial charge on any atom is 0.301 e. The quantitative estimate of drug-likeness (QED) is 0.527. The Morgan fingerprint density at radius 3 is 2.64 bits per heavy atom. The van der Waals surface area contributed by atoms with Gasteiger partial charge in [-0.1, -0.05) is 24.3 Å². The van der Waals surface area contributed by atoms with Gasteiger partial charge in [0.25, 0.3) is 0 Å². The minimum Gasteiger partial charge on any atom is -0.309 e. The van der Waals surface area contributed by atoms with Crippen LogP contribution in [-0.4, -0.2) is 52.9 Å². The number of likely N-dealkylation sites (N-methyl/N-ethyl adjacent to an activating group) is 2. The van der Waals surface area contributed by atoms with E-state index in [0.29, 0.717) is 5.56 Å². The molecule has 0 bridgehead atoms. The van der Waals surface area contributed by atoms with Gasteiger partial charge in [-0.25, -0.2) is 13.9 Å². The van der Waals surface area contributed by atoms with Crippen molar-refractivity contribution >= 4 is 17.6 Å². The number of benzene rings is 2. The van der Waals surface area contributed by atoms with Gasteiger partial charge in [0.05, 0.1) is 24.5 Å². The van der Waals surface area contributed by atoms with Crippen LogP contribution in [0.25, 0.3) is 11.3 Å². The highest BCUT2D eigenvalue weighted by atomic mass is 19.1. The van der Waals surface area contributed by atoms with Gasteiger partial charge in [0.15, 0.2) is 5.82 Å². The molecule has 2 atom stereocenters. The molecule has 0 saturated carbocycles. The standard InChI is InChI=1S/C27H30FN5O3/c1-17(29-2)26(35)31-25-27(36)33(23(15-30-25)19-11-13-20(28)14-12-19)24(34)16-32(3)22-10-6-8-18-7-4-5-9-21(18)22/h4-5,7,9,11-15,17,22,29H,6,8,10,16H2,1-3H3,(H,30,31,35)/t17-,22?/m0/s1. The molecule has 3 aromatic rings. The minimum atomic E-state index is -0.740. The first-order chi connectivity index (χ1) is 17.3. The van der Waals surface area contributed by atoms with Crippen molar-refractivity contribution in [2.24, 2.45) is 0 Å². The van der Waals surface area contributed by atoms with Gasteiger partial charge in [0.2, 0.25) is 11.8 Å². The zero-order valence-corrected chi connectivity index (χ0v) is 20.6. The molecule has 1 heterocycles. The molecule has 0 saturated heterocycles. The fourth-order valence-electron chi connectivity index (χ4n) is 4.55. The van der Waals surface area contributed by atoms with Gasteiger partial charge >= 0.3 is 5.56 Å². The highest BCUT2D eigenvalue weighted by Crippen LogP contribution is 2.33. The van der Waals surface area contributed by atoms with E-state index in [0.717, 1.165) is 23.8 Å². The van der Waals surface area contributed by atoms with E-state index in [1.807, 2.05) is 24.1 Å². The first-order valence-corrected chi connectivity index (χ1v) is 12.0. The predicted molar refractivity (Wildman–Crippen MR) is 136 cm³/mol. The van der Waals surface area contributed by atoms with Gasteiger partial charge in [-0.2, -0.15) is 0 Å². The van der Waals surface area contributed by atoms with Crippen LogP contribution < -0.4 is 16.2 Å². The van der Waals surface area contributed by atoms with Crippen molar-refractivity contribution in [1.82, 2.24) is 19.8 Å². The Balaban J connectivity index is 1.70. The van der Waals surface area contributed by atoms with Gasteiger partial charge in [-0.3, -0.25) is 19.3 Å². The smallest absolute Gasteiger partial charge is 0.301 e. The summed E-state index contributed by atoms with van der Waals surface area (Å²) >= 11 is 0. The predicted octanol–water partition coefficient (Wildman–Crippen LogP) is 3.25. The number of fused-ring (bicyclic) bond motifs is 1. The Labute approximate surface area is 209 Å². The van der Waals surface area contributed by atoms with Gasteiger partial charge in [-0.15, -0.1) is 0 Å². The summed E-state index contributed by atoms with van der Waals surface area (Å²) in [6.07, 6.45) is 4.26. The van der Waals surface area contributed by atoms with Crippen LogP contribution in [-0.2, 0) is 11.2 Å². The summed E-state index contributed by atoms with van der Waals surface area (Å²) in [5.41, 5.74) is 2.40. The lowest BCUT2D eigenvalue weighted by atomic mass is 9.87. The largest absolute Gasteiger partial charge is 0.309 e. The van der Waals surface area contributed by atoms with Crippen LogP contribution in [0.3, 0.4) is 0 Å². The molecule has 0 spiro atoms. The number of carbonyl (C=O) groups excluding carboxylic acids is 2. The zero-order valence-electron chi connectivity index (χ0n) is 20.6. The lowest BCUT2D eigenvalue weighted by Crippen LogP contribution is -2.41. The highest BCUT2D eigenvalue weighted by molar-refractivity contribution is 5.94. The number of aromatic nitrogens is 2. The summed E-state index contributed by atoms with van der Waals surface area (Å²) in [5, 5.41) is 5.30. The lowest BCUT2D eigenvalue weighted by molar-refractivity contribution is -0.117. The molecule has 2 N–H and O–H groups in total. The Bertz CT molecular complexity index is 1320. The van der Waals surface area contributed by atoms with E-state index in [2.05, 4.69) is 27.8 Å². The van der Waals surface area contributed by atoms with E-state index in [1.165, 1.54) is 41.6 Å². The third-order valence-corrected chi connectivity index (χ3v) is 6.67. The van der Waals surface area contributed by atoms with Crippen molar-refractivity contribution in [2.45, 2.75) is 38.3 Å². The number of nitrogens with one attached hydrogen (secondary N) is 2. The summed E-state index contributed by atoms with van der Waals surface area (Å²) in [6, 6.07) is 13.2. The van der Waals surface area contributed by atoms with Gasteiger partial charge in [0, 0.05) is 11.6 Å². The maximum absolute atomic E-state index is 13.6. The maximum atomic E-state index is 13.6. The first-order valence-electron chi connectivity index (χ1n) is 12.0. The van der Waals surface area contributed by atoms with Crippen molar-refractivity contribution in [1.29, 1.82) is 0 Å². The number of anilines is 1. The molecular formula is C27H30FN5O3. The number of hydrogen-bond acceptors (Lipinski definition) is 6. The van der Waals surface area contributed by atoms with Gasteiger partial charge in [-0.05, 0) is 75.7 Å². The zero-order chi connectivity index (χ0) is 25.8. The normalized spacial score (nSPS) is 15.9. The third-order valence-electron chi connectivity index (χ3n) is 6.67. The van der Waals surface area contributed by atoms with E-state index in [4.69, 9.17) is 0 Å². The summed E-state index contributed by atoms with van der Waals surface area (Å²) in [5.74, 6) is -1.60. The number of halogens is 1. The minimum absolute atomic E-state index is 0.0303. The van der Waals surface area contributed by atoms with Crippen molar-refractivity contribution in [3.8, 4) is 11.3 Å². The molecule has 8 nitrogen and oxygen atoms in total. The van der Waals surface area contributed by atoms with Crippen LogP contribution in [0.2, 0.25) is 0 Å². The van der Waals surface area contributed by atoms with Crippen LogP contribution in [0, 0.1) is 5.82 Å². The molecule has 0 aliphatic heterocycles. The lowest BCUT2D eigenvalue weighted by Gasteiger charge is -2.33. The van der Waals surface area contributed by atoms with Crippen LogP contribution in [0.5, 0.6) is 0 Å². The van der Waals surface area contributed by atoms with Gasteiger partial charge < -0.3 is 10.6 Å². The number of rotatable bonds is 7. The molecule has 188 valence electrons. The Morgan fingerprint density at radius 1 is 1.19 bits per heavy atom. The average molecular weight is 492 g/mol. The topological polar surface area (TPSA) is 96.3 Å². The monoisotopic (exact) mass is 491 g/mol. The Morgan fingerprint density at radius 2 is 1.92 bits per heavy atom. The highest BCUT2D eigenvalue weighted by Gasteiger charge is 2.27. The van der Waals surface area contributed by atoms with E-state index >= 15 is 0 Å². The van der Waals surface area contributed by atoms with Crippen LogP contribution in [0.15, 0.2) is 59.5 Å². The molecule has 1 aromatic heterocycles. The van der Waals surface area contributed by atoms with E-state index < -0.39 is 29.2 Å². The van der Waals surface area contributed by atoms with Crippen molar-refractivity contribution in [3.63, 3.8) is 0 Å². The Hall–Kier alpha value is -3.69. The van der Waals surface area contributed by atoms with E-state index in [9.17, 15) is 18.8 Å². The number of nitrogens with zero attached hydrogens (tertiary/aromatic N) is 3. The molecule has 9 heteroatoms. The molecule has 1 amide bonds. The summed E-state index contributed by atoms with van der Waals surface area (Å²) < 4.78 is 14.6. The van der Waals surface area contributed by atoms with Crippen LogP contribution in [0.1, 0.15) is 41.7 Å². The number of aryl methyl sites for hydroxylation is 1. The first kappa shape index (κ1) is 25.4. The van der Waals surface area contributed by atoms with Crippen molar-refractivity contribution < 1.29 is 14.0 Å². The second-order valence-electron chi connectivity index (χ2n) is 9.05. The molecule has 1 aliphatic carbocycles. The van der Waals surface area contributed by atoms with Crippen LogP contribution >= 0.6 is 0 Å². The second kappa shape index (κ2) is 10.9. The SMILES string of the molecule is CN[C@@H](C)C(=O)Nc1ncc(-c2ccc(F)cc2)n(C(=O)CN(C)C2CCCc3ccccc32)c1=O. The van der Waals surface area contributed by atoms with E-state index in [-0.39, 0.29) is 24.1 Å². The molecule has 1 unspecified atom stereocenters. The summed E-state index contributed by atoms with van der Waals surface area (Å²) in [4.78, 5) is 45.5. The number of hydrogen-bond donors (Lipinski definition) is 2. The van der Waals surface area contributed by atoms with Crippen molar-refractivity contribution in [3.05, 3.63) is 82.0 Å². The molecular weight excluding hydrogens is 461 g/mol. The third kappa shape index (κ3) is 5.27. The van der Waals surface area contributed by atoms with Crippen LogP contribution in [0.4, 0.5) is 10.2 Å². The molecule has 36 heavy (non-hydrogen) atoms. The summed E-state index contributed by atoms with van der Waals surface area (Å²) in [6.45, 7) is 1.61.